The van der Waals surface area contributed by atoms with Crippen molar-refractivity contribution in [3.05, 3.63) is 52.0 Å². The average Bonchev–Trinajstić information content (AvgIpc) is 2.81. The van der Waals surface area contributed by atoms with Crippen LogP contribution in [0.1, 0.15) is 42.0 Å². The molecule has 5 nitrogen and oxygen atoms in total. The van der Waals surface area contributed by atoms with Gasteiger partial charge in [-0.15, -0.1) is 0 Å². The molecule has 4 rings (SSSR count). The number of hydrogen-bond donors (Lipinski definition) is 0. The maximum Gasteiger partial charge on any atom is 0.140 e. The fourth-order valence-electron chi connectivity index (χ4n) is 5.25. The van der Waals surface area contributed by atoms with E-state index in [1.807, 2.05) is 6.07 Å². The van der Waals surface area contributed by atoms with Gasteiger partial charge in [0, 0.05) is 50.6 Å². The molecule has 0 aliphatic carbocycles. The Hall–Kier alpha value is -1.95. The zero-order valence-electron chi connectivity index (χ0n) is 19.7. The smallest absolute Gasteiger partial charge is 0.140 e. The van der Waals surface area contributed by atoms with Crippen LogP contribution in [0, 0.1) is 13.8 Å². The minimum Gasteiger partial charge on any atom is -0.496 e. The fourth-order valence-corrected chi connectivity index (χ4v) is 5.42. The molecule has 0 amide bonds. The zero-order valence-corrected chi connectivity index (χ0v) is 20.5. The Labute approximate surface area is 197 Å². The Morgan fingerprint density at radius 2 is 1.81 bits per heavy atom. The second-order valence-corrected chi connectivity index (χ2v) is 9.25. The Bertz CT molecular complexity index is 936. The summed E-state index contributed by atoms with van der Waals surface area (Å²) >= 11 is 6.36. The lowest BCUT2D eigenvalue weighted by molar-refractivity contribution is 0.0712. The highest BCUT2D eigenvalue weighted by molar-refractivity contribution is 6.32. The highest BCUT2D eigenvalue weighted by Gasteiger charge is 2.36. The van der Waals surface area contributed by atoms with E-state index in [1.165, 1.54) is 41.6 Å². The lowest BCUT2D eigenvalue weighted by Crippen LogP contribution is -2.56. The lowest BCUT2D eigenvalue weighted by atomic mass is 9.86. The van der Waals surface area contributed by atoms with Crippen LogP contribution >= 0.6 is 11.6 Å². The molecule has 0 radical (unpaired) electrons. The van der Waals surface area contributed by atoms with E-state index in [1.54, 1.807) is 14.2 Å². The van der Waals surface area contributed by atoms with Crippen LogP contribution in [0.5, 0.6) is 11.5 Å². The number of piperazine rings is 1. The summed E-state index contributed by atoms with van der Waals surface area (Å²) in [4.78, 5) is 5.22. The van der Waals surface area contributed by atoms with Crippen LogP contribution in [0.25, 0.3) is 0 Å². The maximum absolute atomic E-state index is 6.36. The molecule has 174 valence electrons. The van der Waals surface area contributed by atoms with Gasteiger partial charge >= 0.3 is 0 Å². The van der Waals surface area contributed by atoms with E-state index in [2.05, 4.69) is 47.9 Å². The summed E-state index contributed by atoms with van der Waals surface area (Å²) < 4.78 is 16.5. The van der Waals surface area contributed by atoms with Crippen molar-refractivity contribution < 1.29 is 14.2 Å². The Morgan fingerprint density at radius 1 is 0.969 bits per heavy atom. The van der Waals surface area contributed by atoms with Crippen LogP contribution in [0.4, 0.5) is 5.69 Å². The summed E-state index contributed by atoms with van der Waals surface area (Å²) in [7, 11) is 3.43. The van der Waals surface area contributed by atoms with Crippen molar-refractivity contribution in [3.8, 4) is 11.5 Å². The van der Waals surface area contributed by atoms with Crippen molar-refractivity contribution in [2.24, 2.45) is 0 Å². The second kappa shape index (κ2) is 10.3. The Kier molecular flexibility index (Phi) is 7.49. The summed E-state index contributed by atoms with van der Waals surface area (Å²) in [5.74, 6) is 1.71. The number of piperidine rings is 1. The zero-order chi connectivity index (χ0) is 22.7. The van der Waals surface area contributed by atoms with E-state index in [9.17, 15) is 0 Å². The van der Waals surface area contributed by atoms with Crippen molar-refractivity contribution in [1.82, 2.24) is 4.90 Å². The monoisotopic (exact) mass is 458 g/mol. The van der Waals surface area contributed by atoms with E-state index < -0.39 is 0 Å². The standard InChI is InChI=1S/C26H35ClN2O3/c1-18-19(2)25(31-4)11-9-22(18)24-7-5-6-21-17-28(12-13-29(21)24)20-8-10-23(27)26(16-20)32-15-14-30-3/h8-11,16,21,24H,5-7,12-15,17H2,1-4H3/t21?,24-/m1/s1. The van der Waals surface area contributed by atoms with Crippen LogP contribution < -0.4 is 14.4 Å². The molecule has 0 spiro atoms. The van der Waals surface area contributed by atoms with Crippen molar-refractivity contribution in [3.63, 3.8) is 0 Å². The molecule has 2 atom stereocenters. The minimum absolute atomic E-state index is 0.485. The highest BCUT2D eigenvalue weighted by atomic mass is 35.5. The van der Waals surface area contributed by atoms with Gasteiger partial charge in [0.1, 0.15) is 18.1 Å². The Balaban J connectivity index is 1.50. The van der Waals surface area contributed by atoms with Crippen LogP contribution in [0.2, 0.25) is 5.02 Å². The summed E-state index contributed by atoms with van der Waals surface area (Å²) in [5, 5.41) is 0.645. The predicted molar refractivity (Wildman–Crippen MR) is 131 cm³/mol. The van der Waals surface area contributed by atoms with Gasteiger partial charge in [-0.3, -0.25) is 4.90 Å². The van der Waals surface area contributed by atoms with Gasteiger partial charge in [0.2, 0.25) is 0 Å². The van der Waals surface area contributed by atoms with E-state index in [4.69, 9.17) is 25.8 Å². The van der Waals surface area contributed by atoms with E-state index >= 15 is 0 Å². The highest BCUT2D eigenvalue weighted by Crippen LogP contribution is 2.40. The lowest BCUT2D eigenvalue weighted by Gasteiger charge is -2.49. The van der Waals surface area contributed by atoms with Gasteiger partial charge in [-0.05, 0) is 68.0 Å². The first-order valence-electron chi connectivity index (χ1n) is 11.6. The first-order valence-corrected chi connectivity index (χ1v) is 12.0. The fraction of sp³-hybridized carbons (Fsp3) is 0.538. The van der Waals surface area contributed by atoms with Crippen molar-refractivity contribution in [1.29, 1.82) is 0 Å². The second-order valence-electron chi connectivity index (χ2n) is 8.85. The molecule has 0 aromatic heterocycles. The van der Waals surface area contributed by atoms with E-state index in [0.29, 0.717) is 30.3 Å². The largest absolute Gasteiger partial charge is 0.496 e. The third-order valence-corrected chi connectivity index (χ3v) is 7.44. The summed E-state index contributed by atoms with van der Waals surface area (Å²) in [6.45, 7) is 8.55. The minimum atomic E-state index is 0.485. The van der Waals surface area contributed by atoms with Gasteiger partial charge in [-0.2, -0.15) is 0 Å². The van der Waals surface area contributed by atoms with Crippen LogP contribution in [0.15, 0.2) is 30.3 Å². The molecule has 6 heteroatoms. The number of benzene rings is 2. The average molecular weight is 459 g/mol. The molecule has 2 aliphatic rings. The molecule has 32 heavy (non-hydrogen) atoms. The van der Waals surface area contributed by atoms with Crippen molar-refractivity contribution in [2.75, 3.05) is 52.0 Å². The van der Waals surface area contributed by atoms with Gasteiger partial charge < -0.3 is 19.1 Å². The molecule has 2 fully saturated rings. The third kappa shape index (κ3) is 4.70. The molecule has 0 N–H and O–H groups in total. The number of rotatable bonds is 7. The molecule has 2 aromatic carbocycles. The summed E-state index contributed by atoms with van der Waals surface area (Å²) in [6, 6.07) is 11.6. The molecular formula is C26H35ClN2O3. The van der Waals surface area contributed by atoms with E-state index in [-0.39, 0.29) is 0 Å². The number of halogens is 1. The van der Waals surface area contributed by atoms with Crippen molar-refractivity contribution >= 4 is 17.3 Å². The molecule has 2 aromatic rings. The number of methoxy groups -OCH3 is 2. The third-order valence-electron chi connectivity index (χ3n) is 7.13. The van der Waals surface area contributed by atoms with Crippen LogP contribution in [-0.2, 0) is 4.74 Å². The van der Waals surface area contributed by atoms with Crippen molar-refractivity contribution in [2.45, 2.75) is 45.2 Å². The maximum atomic E-state index is 6.36. The SMILES string of the molecule is COCCOc1cc(N2CCN3C(CCC[C@@H]3c3ccc(OC)c(C)c3C)C2)ccc1Cl. The number of nitrogens with zero attached hydrogens (tertiary/aromatic N) is 2. The number of fused-ring (bicyclic) bond motifs is 1. The topological polar surface area (TPSA) is 34.2 Å². The van der Waals surface area contributed by atoms with Gasteiger partial charge in [-0.1, -0.05) is 17.7 Å². The molecule has 0 saturated carbocycles. The van der Waals surface area contributed by atoms with E-state index in [0.717, 1.165) is 31.1 Å². The molecule has 2 heterocycles. The van der Waals surface area contributed by atoms with Gasteiger partial charge in [0.05, 0.1) is 18.7 Å². The summed E-state index contributed by atoms with van der Waals surface area (Å²) in [6.07, 6.45) is 3.73. The van der Waals surface area contributed by atoms with Gasteiger partial charge in [-0.25, -0.2) is 0 Å². The number of ether oxygens (including phenoxy) is 3. The number of anilines is 1. The summed E-state index contributed by atoms with van der Waals surface area (Å²) in [5.41, 5.74) is 5.27. The first-order chi connectivity index (χ1) is 15.5. The van der Waals surface area contributed by atoms with Gasteiger partial charge in [0.25, 0.3) is 0 Å². The van der Waals surface area contributed by atoms with Gasteiger partial charge in [0.15, 0.2) is 0 Å². The molecule has 1 unspecified atom stereocenters. The Morgan fingerprint density at radius 3 is 2.59 bits per heavy atom. The molecule has 2 aliphatic heterocycles. The molecule has 2 saturated heterocycles. The normalized spacial score (nSPS) is 21.3. The first kappa shape index (κ1) is 23.2. The van der Waals surface area contributed by atoms with Crippen LogP contribution in [-0.4, -0.2) is 58.0 Å². The molecule has 0 bridgehead atoms. The predicted octanol–water partition coefficient (Wildman–Crippen LogP) is 5.41. The quantitative estimate of drug-likeness (QED) is 0.518. The van der Waals surface area contributed by atoms with Crippen LogP contribution in [0.3, 0.4) is 0 Å². The molecular weight excluding hydrogens is 424 g/mol. The number of hydrogen-bond acceptors (Lipinski definition) is 5.